The summed E-state index contributed by atoms with van der Waals surface area (Å²) in [6.07, 6.45) is 1.94. The molecule has 0 aromatic carbocycles. The Morgan fingerprint density at radius 2 is 1.88 bits per heavy atom. The van der Waals surface area contributed by atoms with Gasteiger partial charge in [-0.25, -0.2) is 4.79 Å². The van der Waals surface area contributed by atoms with E-state index in [1.165, 1.54) is 7.11 Å². The van der Waals surface area contributed by atoms with Crippen molar-refractivity contribution in [2.75, 3.05) is 20.2 Å². The number of esters is 1. The van der Waals surface area contributed by atoms with Gasteiger partial charge < -0.3 is 4.74 Å². The Bertz CT molecular complexity index is 244. The molecule has 0 heterocycles. The molecule has 0 N–H and O–H groups in total. The van der Waals surface area contributed by atoms with Crippen molar-refractivity contribution >= 4 is 5.97 Å². The van der Waals surface area contributed by atoms with Crippen LogP contribution in [0.15, 0.2) is 11.6 Å². The maximum atomic E-state index is 11.2. The minimum absolute atomic E-state index is 0.242. The van der Waals surface area contributed by atoms with E-state index >= 15 is 0 Å². The second-order valence-electron chi connectivity index (χ2n) is 4.82. The smallest absolute Gasteiger partial charge is 0.333 e. The van der Waals surface area contributed by atoms with Crippen LogP contribution < -0.4 is 0 Å². The number of carbonyl (C=O) groups is 1. The first-order valence-corrected chi connectivity index (χ1v) is 5.87. The third kappa shape index (κ3) is 5.91. The average Bonchev–Trinajstić information content (AvgIpc) is 2.21. The highest BCUT2D eigenvalue weighted by atomic mass is 16.5. The summed E-state index contributed by atoms with van der Waals surface area (Å²) in [5.41, 5.74) is 0.678. The molecule has 0 bridgehead atoms. The summed E-state index contributed by atoms with van der Waals surface area (Å²) in [5, 5.41) is 0. The van der Waals surface area contributed by atoms with Gasteiger partial charge in [-0.2, -0.15) is 0 Å². The summed E-state index contributed by atoms with van der Waals surface area (Å²) in [7, 11) is 1.41. The second kappa shape index (κ2) is 7.44. The molecule has 16 heavy (non-hydrogen) atoms. The third-order valence-corrected chi connectivity index (χ3v) is 2.47. The largest absolute Gasteiger partial charge is 0.466 e. The average molecular weight is 227 g/mol. The summed E-state index contributed by atoms with van der Waals surface area (Å²) in [6.45, 7) is 12.4. The molecule has 0 aliphatic heterocycles. The summed E-state index contributed by atoms with van der Waals surface area (Å²) >= 11 is 0. The zero-order chi connectivity index (χ0) is 12.7. The van der Waals surface area contributed by atoms with Gasteiger partial charge in [0.05, 0.1) is 7.11 Å². The Labute approximate surface area is 99.5 Å². The van der Waals surface area contributed by atoms with Gasteiger partial charge in [0.1, 0.15) is 0 Å². The SMILES string of the molecule is COC(=O)C(C)=CCN(CC(C)C)C(C)C. The first-order chi connectivity index (χ1) is 7.38. The number of ether oxygens (including phenoxy) is 1. The monoisotopic (exact) mass is 227 g/mol. The van der Waals surface area contributed by atoms with Crippen molar-refractivity contribution in [3.8, 4) is 0 Å². The van der Waals surface area contributed by atoms with Crippen molar-refractivity contribution in [3.05, 3.63) is 11.6 Å². The summed E-state index contributed by atoms with van der Waals surface area (Å²) in [6, 6.07) is 0.490. The van der Waals surface area contributed by atoms with Crippen LogP contribution >= 0.6 is 0 Å². The Kier molecular flexibility index (Phi) is 7.06. The lowest BCUT2D eigenvalue weighted by Gasteiger charge is -2.27. The van der Waals surface area contributed by atoms with E-state index in [2.05, 4.69) is 37.3 Å². The van der Waals surface area contributed by atoms with Gasteiger partial charge in [-0.3, -0.25) is 4.90 Å². The van der Waals surface area contributed by atoms with E-state index in [0.29, 0.717) is 17.5 Å². The van der Waals surface area contributed by atoms with Crippen LogP contribution in [0.3, 0.4) is 0 Å². The van der Waals surface area contributed by atoms with E-state index in [1.807, 2.05) is 6.08 Å². The van der Waals surface area contributed by atoms with Crippen molar-refractivity contribution in [1.82, 2.24) is 4.90 Å². The predicted molar refractivity (Wildman–Crippen MR) is 67.3 cm³/mol. The third-order valence-electron chi connectivity index (χ3n) is 2.47. The molecular formula is C13H25NO2. The molecule has 94 valence electrons. The molecule has 0 amide bonds. The standard InChI is InChI=1S/C13H25NO2/c1-10(2)9-14(11(3)4)8-7-12(5)13(15)16-6/h7,10-11H,8-9H2,1-6H3. The number of hydrogen-bond acceptors (Lipinski definition) is 3. The number of rotatable bonds is 6. The molecule has 0 atom stereocenters. The molecule has 0 fully saturated rings. The van der Waals surface area contributed by atoms with Gasteiger partial charge in [0.15, 0.2) is 0 Å². The molecule has 0 aliphatic carbocycles. The van der Waals surface area contributed by atoms with Gasteiger partial charge in [0, 0.05) is 24.7 Å². The van der Waals surface area contributed by atoms with Crippen LogP contribution in [0.4, 0.5) is 0 Å². The van der Waals surface area contributed by atoms with Crippen molar-refractivity contribution in [2.45, 2.75) is 40.7 Å². The van der Waals surface area contributed by atoms with Gasteiger partial charge in [-0.15, -0.1) is 0 Å². The van der Waals surface area contributed by atoms with Gasteiger partial charge >= 0.3 is 5.97 Å². The number of carbonyl (C=O) groups excluding carboxylic acids is 1. The van der Waals surface area contributed by atoms with Crippen molar-refractivity contribution in [1.29, 1.82) is 0 Å². The van der Waals surface area contributed by atoms with E-state index in [0.717, 1.165) is 13.1 Å². The highest BCUT2D eigenvalue weighted by molar-refractivity contribution is 5.87. The molecule has 0 rings (SSSR count). The second-order valence-corrected chi connectivity index (χ2v) is 4.82. The molecule has 0 aliphatic rings. The minimum Gasteiger partial charge on any atom is -0.466 e. The molecule has 0 radical (unpaired) electrons. The lowest BCUT2D eigenvalue weighted by Crippen LogP contribution is -2.34. The van der Waals surface area contributed by atoms with Gasteiger partial charge in [0.2, 0.25) is 0 Å². The maximum Gasteiger partial charge on any atom is 0.333 e. The van der Waals surface area contributed by atoms with Crippen molar-refractivity contribution < 1.29 is 9.53 Å². The fourth-order valence-corrected chi connectivity index (χ4v) is 1.46. The Morgan fingerprint density at radius 1 is 1.31 bits per heavy atom. The van der Waals surface area contributed by atoms with Crippen molar-refractivity contribution in [3.63, 3.8) is 0 Å². The van der Waals surface area contributed by atoms with Crippen LogP contribution in [-0.4, -0.2) is 37.1 Å². The van der Waals surface area contributed by atoms with E-state index in [-0.39, 0.29) is 5.97 Å². The predicted octanol–water partition coefficient (Wildman–Crippen LogP) is 2.47. The normalized spacial score (nSPS) is 12.7. The van der Waals surface area contributed by atoms with Gasteiger partial charge in [-0.1, -0.05) is 19.9 Å². The molecule has 0 aromatic heterocycles. The lowest BCUT2D eigenvalue weighted by molar-refractivity contribution is -0.136. The van der Waals surface area contributed by atoms with Crippen LogP contribution in [0.2, 0.25) is 0 Å². The van der Waals surface area contributed by atoms with E-state index in [1.54, 1.807) is 6.92 Å². The van der Waals surface area contributed by atoms with Gasteiger partial charge in [0.25, 0.3) is 0 Å². The Balaban J connectivity index is 4.36. The highest BCUT2D eigenvalue weighted by Crippen LogP contribution is 2.05. The maximum absolute atomic E-state index is 11.2. The van der Waals surface area contributed by atoms with Crippen LogP contribution in [0.25, 0.3) is 0 Å². The lowest BCUT2D eigenvalue weighted by atomic mass is 10.1. The first kappa shape index (κ1) is 15.2. The van der Waals surface area contributed by atoms with E-state index < -0.39 is 0 Å². The zero-order valence-electron chi connectivity index (χ0n) is 11.4. The van der Waals surface area contributed by atoms with Gasteiger partial charge in [-0.05, 0) is 26.7 Å². The molecule has 0 saturated carbocycles. The topological polar surface area (TPSA) is 29.5 Å². The summed E-state index contributed by atoms with van der Waals surface area (Å²) in [5.74, 6) is 0.391. The van der Waals surface area contributed by atoms with Crippen LogP contribution in [0.1, 0.15) is 34.6 Å². The van der Waals surface area contributed by atoms with E-state index in [4.69, 9.17) is 0 Å². The number of nitrogens with zero attached hydrogens (tertiary/aromatic N) is 1. The summed E-state index contributed by atoms with van der Waals surface area (Å²) in [4.78, 5) is 13.6. The highest BCUT2D eigenvalue weighted by Gasteiger charge is 2.10. The number of hydrogen-bond donors (Lipinski definition) is 0. The Hall–Kier alpha value is -0.830. The molecule has 0 saturated heterocycles. The molecule has 0 unspecified atom stereocenters. The van der Waals surface area contributed by atoms with Crippen molar-refractivity contribution in [2.24, 2.45) is 5.92 Å². The quantitative estimate of drug-likeness (QED) is 0.516. The van der Waals surface area contributed by atoms with Crippen LogP contribution in [-0.2, 0) is 9.53 Å². The Morgan fingerprint density at radius 3 is 2.25 bits per heavy atom. The summed E-state index contributed by atoms with van der Waals surface area (Å²) < 4.78 is 4.66. The minimum atomic E-state index is -0.242. The van der Waals surface area contributed by atoms with Crippen LogP contribution in [0, 0.1) is 5.92 Å². The molecule has 3 heteroatoms. The molecule has 3 nitrogen and oxygen atoms in total. The molecular weight excluding hydrogens is 202 g/mol. The first-order valence-electron chi connectivity index (χ1n) is 5.87. The zero-order valence-corrected chi connectivity index (χ0v) is 11.4. The van der Waals surface area contributed by atoms with E-state index in [9.17, 15) is 4.79 Å². The van der Waals surface area contributed by atoms with Crippen LogP contribution in [0.5, 0.6) is 0 Å². The fourth-order valence-electron chi connectivity index (χ4n) is 1.46. The number of methoxy groups -OCH3 is 1. The molecule has 0 aromatic rings. The fraction of sp³-hybridized carbons (Fsp3) is 0.769. The molecule has 0 spiro atoms.